The van der Waals surface area contributed by atoms with Crippen LogP contribution in [-0.2, 0) is 11.2 Å². The van der Waals surface area contributed by atoms with Crippen molar-refractivity contribution in [3.05, 3.63) is 54.1 Å². The highest BCUT2D eigenvalue weighted by Crippen LogP contribution is 2.32. The van der Waals surface area contributed by atoms with Gasteiger partial charge in [0.05, 0.1) is 5.75 Å². The molecule has 0 saturated carbocycles. The molecule has 1 N–H and O–H groups in total. The summed E-state index contributed by atoms with van der Waals surface area (Å²) in [5.41, 5.74) is 2.93. The monoisotopic (exact) mass is 450 g/mol. The zero-order chi connectivity index (χ0) is 20.2. The summed E-state index contributed by atoms with van der Waals surface area (Å²) in [6.45, 7) is 0.710. The lowest BCUT2D eigenvalue weighted by molar-refractivity contribution is -0.116. The van der Waals surface area contributed by atoms with Gasteiger partial charge in [-0.2, -0.15) is 8.78 Å². The first-order valence-electron chi connectivity index (χ1n) is 8.75. The normalized spacial score (nSPS) is 13.0. The number of carbonyl (C=O) groups excluding carboxylic acids is 1. The van der Waals surface area contributed by atoms with Crippen LogP contribution in [0, 0.1) is 0 Å². The van der Waals surface area contributed by atoms with Crippen LogP contribution in [0.2, 0.25) is 0 Å². The second-order valence-electron chi connectivity index (χ2n) is 6.11. The van der Waals surface area contributed by atoms with E-state index in [0.29, 0.717) is 38.4 Å². The molecule has 0 saturated heterocycles. The molecule has 1 aliphatic rings. The highest BCUT2D eigenvalue weighted by molar-refractivity contribution is 8.01. The average Bonchev–Trinajstić information content (AvgIpc) is 3.34. The number of rotatable bonds is 7. The third-order valence-electron chi connectivity index (χ3n) is 4.24. The number of carbonyl (C=O) groups is 1. The lowest BCUT2D eigenvalue weighted by atomic mass is 10.2. The number of fused-ring (bicyclic) bond motifs is 1. The average molecular weight is 451 g/mol. The topological polar surface area (TPSA) is 58.1 Å². The van der Waals surface area contributed by atoms with Crippen LogP contribution >= 0.6 is 34.9 Å². The van der Waals surface area contributed by atoms with E-state index in [1.807, 2.05) is 23.1 Å². The van der Waals surface area contributed by atoms with Gasteiger partial charge in [-0.1, -0.05) is 53.1 Å². The van der Waals surface area contributed by atoms with E-state index in [-0.39, 0.29) is 5.91 Å². The maximum Gasteiger partial charge on any atom is 0.288 e. The summed E-state index contributed by atoms with van der Waals surface area (Å²) < 4.78 is 25.4. The fourth-order valence-corrected chi connectivity index (χ4v) is 5.11. The molecular weight excluding hydrogens is 434 g/mol. The number of hydrogen-bond donors (Lipinski definition) is 1. The summed E-state index contributed by atoms with van der Waals surface area (Å²) in [6, 6.07) is 14.6. The van der Waals surface area contributed by atoms with Crippen LogP contribution in [0.4, 0.5) is 25.3 Å². The molecule has 0 atom stereocenters. The van der Waals surface area contributed by atoms with Gasteiger partial charge in [-0.05, 0) is 42.3 Å². The molecule has 1 amide bonds. The Balaban J connectivity index is 1.31. The van der Waals surface area contributed by atoms with Gasteiger partial charge in [0.2, 0.25) is 11.0 Å². The van der Waals surface area contributed by atoms with Gasteiger partial charge in [0.15, 0.2) is 4.34 Å². The summed E-state index contributed by atoms with van der Waals surface area (Å²) in [5.74, 6) is -2.09. The van der Waals surface area contributed by atoms with Crippen molar-refractivity contribution in [2.75, 3.05) is 22.5 Å². The highest BCUT2D eigenvalue weighted by Gasteiger charge is 2.24. The van der Waals surface area contributed by atoms with Crippen molar-refractivity contribution < 1.29 is 13.6 Å². The maximum absolute atomic E-state index is 12.6. The molecule has 5 nitrogen and oxygen atoms in total. The Morgan fingerprint density at radius 1 is 1.17 bits per heavy atom. The van der Waals surface area contributed by atoms with Crippen LogP contribution in [0.3, 0.4) is 0 Å². The first-order valence-corrected chi connectivity index (χ1v) is 11.4. The van der Waals surface area contributed by atoms with Crippen molar-refractivity contribution in [1.82, 2.24) is 10.2 Å². The second kappa shape index (κ2) is 9.10. The molecule has 0 fully saturated rings. The smallest absolute Gasteiger partial charge is 0.288 e. The van der Waals surface area contributed by atoms with Gasteiger partial charge in [-0.3, -0.25) is 4.79 Å². The maximum atomic E-state index is 12.6. The van der Waals surface area contributed by atoms with E-state index in [9.17, 15) is 13.6 Å². The van der Waals surface area contributed by atoms with Crippen LogP contribution in [0.1, 0.15) is 5.56 Å². The van der Waals surface area contributed by atoms with Crippen LogP contribution in [0.25, 0.3) is 0 Å². The van der Waals surface area contributed by atoms with Gasteiger partial charge in [0.25, 0.3) is 5.76 Å². The van der Waals surface area contributed by atoms with E-state index < -0.39 is 5.76 Å². The van der Waals surface area contributed by atoms with E-state index in [2.05, 4.69) is 21.6 Å². The third kappa shape index (κ3) is 5.06. The van der Waals surface area contributed by atoms with Gasteiger partial charge in [-0.15, -0.1) is 10.2 Å². The van der Waals surface area contributed by atoms with Gasteiger partial charge in [0, 0.05) is 22.8 Å². The SMILES string of the molecule is O=C(CSc1nnc(Nc2ccc(SC(F)F)cc2)s1)N1CCc2ccccc21. The van der Waals surface area contributed by atoms with E-state index in [0.717, 1.165) is 17.8 Å². The highest BCUT2D eigenvalue weighted by atomic mass is 32.2. The molecule has 0 aliphatic carbocycles. The Morgan fingerprint density at radius 2 is 1.97 bits per heavy atom. The molecule has 0 radical (unpaired) electrons. The largest absolute Gasteiger partial charge is 0.330 e. The molecule has 1 aromatic heterocycles. The van der Waals surface area contributed by atoms with Crippen molar-refractivity contribution in [2.45, 2.75) is 21.4 Å². The molecule has 2 aromatic carbocycles. The number of alkyl halides is 2. The zero-order valence-electron chi connectivity index (χ0n) is 15.0. The molecule has 150 valence electrons. The van der Waals surface area contributed by atoms with Gasteiger partial charge in [-0.25, -0.2) is 0 Å². The lowest BCUT2D eigenvalue weighted by Crippen LogP contribution is -2.30. The van der Waals surface area contributed by atoms with Gasteiger partial charge >= 0.3 is 0 Å². The number of halogens is 2. The first-order chi connectivity index (χ1) is 14.1. The van der Waals surface area contributed by atoms with E-state index >= 15 is 0 Å². The zero-order valence-corrected chi connectivity index (χ0v) is 17.5. The second-order valence-corrected chi connectivity index (χ2v) is 9.38. The van der Waals surface area contributed by atoms with Crippen LogP contribution in [-0.4, -0.2) is 34.2 Å². The predicted octanol–water partition coefficient (Wildman–Crippen LogP) is 5.28. The number of nitrogens with zero attached hydrogens (tertiary/aromatic N) is 3. The summed E-state index contributed by atoms with van der Waals surface area (Å²) in [7, 11) is 0. The molecule has 4 rings (SSSR count). The minimum Gasteiger partial charge on any atom is -0.330 e. The molecule has 3 aromatic rings. The number of hydrogen-bond acceptors (Lipinski definition) is 7. The van der Waals surface area contributed by atoms with Crippen molar-refractivity contribution in [1.29, 1.82) is 0 Å². The van der Waals surface area contributed by atoms with Crippen LogP contribution in [0.15, 0.2) is 57.8 Å². The van der Waals surface area contributed by atoms with Gasteiger partial charge < -0.3 is 10.2 Å². The number of nitrogens with one attached hydrogen (secondary N) is 1. The minimum absolute atomic E-state index is 0.0526. The molecule has 1 aliphatic heterocycles. The molecule has 0 bridgehead atoms. The number of benzene rings is 2. The van der Waals surface area contributed by atoms with E-state index in [4.69, 9.17) is 0 Å². The van der Waals surface area contributed by atoms with Crippen molar-refractivity contribution >= 4 is 57.3 Å². The summed E-state index contributed by atoms with van der Waals surface area (Å²) in [4.78, 5) is 14.9. The fourth-order valence-electron chi connectivity index (χ4n) is 2.96. The number of para-hydroxylation sites is 1. The predicted molar refractivity (Wildman–Crippen MR) is 115 cm³/mol. The summed E-state index contributed by atoms with van der Waals surface area (Å²) in [6.07, 6.45) is 0.883. The fraction of sp³-hybridized carbons (Fsp3) is 0.211. The Morgan fingerprint density at radius 3 is 2.76 bits per heavy atom. The summed E-state index contributed by atoms with van der Waals surface area (Å²) in [5, 5.41) is 11.9. The number of amides is 1. The van der Waals surface area contributed by atoms with Gasteiger partial charge in [0.1, 0.15) is 0 Å². The molecule has 2 heterocycles. The third-order valence-corrected chi connectivity index (χ3v) is 6.92. The first kappa shape index (κ1) is 20.1. The van der Waals surface area contributed by atoms with Crippen molar-refractivity contribution in [2.24, 2.45) is 0 Å². The quantitative estimate of drug-likeness (QED) is 0.495. The minimum atomic E-state index is -2.44. The molecule has 29 heavy (non-hydrogen) atoms. The standard InChI is InChI=1S/C19H16F2N4OS3/c20-17(21)28-14-7-5-13(6-8-14)22-18-23-24-19(29-18)27-11-16(26)25-10-9-12-3-1-2-4-15(12)25/h1-8,17H,9-11H2,(H,22,23). The molecule has 0 spiro atoms. The van der Waals surface area contributed by atoms with Crippen LogP contribution < -0.4 is 10.2 Å². The number of aromatic nitrogens is 2. The molecule has 10 heteroatoms. The number of anilines is 3. The Hall–Kier alpha value is -2.17. The molecular formula is C19H16F2N4OS3. The Bertz CT molecular complexity index is 997. The van der Waals surface area contributed by atoms with E-state index in [1.54, 1.807) is 24.3 Å². The molecule has 0 unspecified atom stereocenters. The van der Waals surface area contributed by atoms with Crippen molar-refractivity contribution in [3.8, 4) is 0 Å². The Labute approximate surface area is 178 Å². The Kier molecular flexibility index (Phi) is 6.31. The van der Waals surface area contributed by atoms with Crippen LogP contribution in [0.5, 0.6) is 0 Å². The van der Waals surface area contributed by atoms with Crippen molar-refractivity contribution in [3.63, 3.8) is 0 Å². The number of thioether (sulfide) groups is 2. The lowest BCUT2D eigenvalue weighted by Gasteiger charge is -2.16. The van der Waals surface area contributed by atoms with E-state index in [1.165, 1.54) is 28.7 Å². The summed E-state index contributed by atoms with van der Waals surface area (Å²) >= 11 is 3.21.